The van der Waals surface area contributed by atoms with Gasteiger partial charge >= 0.3 is 0 Å². The first-order chi connectivity index (χ1) is 11.3. The number of piperidine rings is 1. The zero-order valence-electron chi connectivity index (χ0n) is 13.1. The molecule has 0 radical (unpaired) electrons. The van der Waals surface area contributed by atoms with Crippen LogP contribution in [0.2, 0.25) is 0 Å². The van der Waals surface area contributed by atoms with Crippen molar-refractivity contribution in [1.82, 2.24) is 24.8 Å². The van der Waals surface area contributed by atoms with E-state index in [1.54, 1.807) is 10.9 Å². The molecule has 3 heterocycles. The van der Waals surface area contributed by atoms with Gasteiger partial charge in [-0.25, -0.2) is 4.68 Å². The summed E-state index contributed by atoms with van der Waals surface area (Å²) in [7, 11) is 0. The Bertz CT molecular complexity index is 683. The molecule has 2 aliphatic heterocycles. The molecule has 0 spiro atoms. The first kappa shape index (κ1) is 14.4. The van der Waals surface area contributed by atoms with E-state index in [0.717, 1.165) is 25.3 Å². The maximum atomic E-state index is 12.7. The Kier molecular flexibility index (Phi) is 3.83. The molecule has 0 saturated carbocycles. The molecule has 2 saturated heterocycles. The van der Waals surface area contributed by atoms with Crippen molar-refractivity contribution in [3.8, 4) is 5.69 Å². The zero-order chi connectivity index (χ0) is 15.6. The fourth-order valence-electron chi connectivity index (χ4n) is 3.57. The first-order valence-corrected chi connectivity index (χ1v) is 8.32. The molecule has 1 aromatic heterocycles. The number of rotatable bonds is 2. The number of hydrogen-bond acceptors (Lipinski definition) is 4. The molecule has 120 valence electrons. The lowest BCUT2D eigenvalue weighted by atomic mass is 9.99. The van der Waals surface area contributed by atoms with Gasteiger partial charge in [0.2, 0.25) is 0 Å². The van der Waals surface area contributed by atoms with Crippen LogP contribution in [-0.2, 0) is 0 Å². The van der Waals surface area contributed by atoms with Gasteiger partial charge in [-0.2, -0.15) is 0 Å². The minimum Gasteiger partial charge on any atom is -0.334 e. The summed E-state index contributed by atoms with van der Waals surface area (Å²) in [6.07, 6.45) is 5.48. The second-order valence-corrected chi connectivity index (χ2v) is 6.32. The number of benzene rings is 1. The number of carbonyl (C=O) groups excluding carboxylic acids is 1. The van der Waals surface area contributed by atoms with Crippen LogP contribution in [0.3, 0.4) is 0 Å². The van der Waals surface area contributed by atoms with E-state index in [2.05, 4.69) is 15.2 Å². The maximum Gasteiger partial charge on any atom is 0.276 e. The van der Waals surface area contributed by atoms with Crippen molar-refractivity contribution in [2.45, 2.75) is 25.3 Å². The molecule has 1 aromatic carbocycles. The smallest absolute Gasteiger partial charge is 0.276 e. The summed E-state index contributed by atoms with van der Waals surface area (Å²) in [5.74, 6) is -0.00240. The molecule has 2 aliphatic rings. The highest BCUT2D eigenvalue weighted by Crippen LogP contribution is 2.22. The van der Waals surface area contributed by atoms with Crippen LogP contribution < -0.4 is 0 Å². The number of amides is 1. The molecule has 0 aliphatic carbocycles. The molecule has 6 nitrogen and oxygen atoms in total. The van der Waals surface area contributed by atoms with Crippen molar-refractivity contribution >= 4 is 5.91 Å². The van der Waals surface area contributed by atoms with Crippen molar-refractivity contribution in [2.75, 3.05) is 26.2 Å². The highest BCUT2D eigenvalue weighted by Gasteiger charge is 2.32. The summed E-state index contributed by atoms with van der Waals surface area (Å²) in [6, 6.07) is 10.3. The number of hydrogen-bond donors (Lipinski definition) is 0. The molecular weight excluding hydrogens is 290 g/mol. The van der Waals surface area contributed by atoms with Crippen molar-refractivity contribution in [2.24, 2.45) is 0 Å². The maximum absolute atomic E-state index is 12.7. The molecule has 4 rings (SSSR count). The Balaban J connectivity index is 1.48. The van der Waals surface area contributed by atoms with Gasteiger partial charge in [-0.15, -0.1) is 5.10 Å². The van der Waals surface area contributed by atoms with Crippen LogP contribution in [0.1, 0.15) is 29.8 Å². The van der Waals surface area contributed by atoms with Gasteiger partial charge in [-0.3, -0.25) is 9.69 Å². The first-order valence-electron chi connectivity index (χ1n) is 8.32. The fraction of sp³-hybridized carbons (Fsp3) is 0.471. The lowest BCUT2D eigenvalue weighted by molar-refractivity contribution is 0.0368. The van der Waals surface area contributed by atoms with Crippen molar-refractivity contribution < 1.29 is 4.79 Å². The summed E-state index contributed by atoms with van der Waals surface area (Å²) in [5, 5.41) is 8.17. The Hall–Kier alpha value is -2.21. The predicted molar refractivity (Wildman–Crippen MR) is 86.5 cm³/mol. The van der Waals surface area contributed by atoms with E-state index in [1.165, 1.54) is 25.8 Å². The Morgan fingerprint density at radius 1 is 1.09 bits per heavy atom. The van der Waals surface area contributed by atoms with Crippen molar-refractivity contribution in [1.29, 1.82) is 0 Å². The second kappa shape index (κ2) is 6.12. The van der Waals surface area contributed by atoms with Crippen molar-refractivity contribution in [3.63, 3.8) is 0 Å². The van der Waals surface area contributed by atoms with Crippen LogP contribution in [0.25, 0.3) is 5.69 Å². The van der Waals surface area contributed by atoms with Gasteiger partial charge in [0.1, 0.15) is 0 Å². The van der Waals surface area contributed by atoms with E-state index in [1.807, 2.05) is 35.2 Å². The topological polar surface area (TPSA) is 54.3 Å². The van der Waals surface area contributed by atoms with Crippen LogP contribution in [0.15, 0.2) is 36.5 Å². The molecule has 0 N–H and O–H groups in total. The molecule has 1 unspecified atom stereocenters. The Labute approximate surface area is 135 Å². The van der Waals surface area contributed by atoms with Crippen LogP contribution >= 0.6 is 0 Å². The molecule has 2 fully saturated rings. The standard InChI is InChI=1S/C17H21N5O/c23-17(21-11-10-20-9-5-4-8-15(20)12-21)16-13-22(19-18-16)14-6-2-1-3-7-14/h1-3,6-7,13,15H,4-5,8-12H2. The average Bonchev–Trinajstić information content (AvgIpc) is 3.11. The molecular formula is C17H21N5O. The minimum atomic E-state index is -0.00240. The predicted octanol–water partition coefficient (Wildman–Crippen LogP) is 1.58. The fourth-order valence-corrected chi connectivity index (χ4v) is 3.57. The number of para-hydroxylation sites is 1. The van der Waals surface area contributed by atoms with E-state index in [0.29, 0.717) is 11.7 Å². The lowest BCUT2D eigenvalue weighted by Crippen LogP contribution is -2.56. The van der Waals surface area contributed by atoms with Gasteiger partial charge < -0.3 is 4.90 Å². The molecule has 23 heavy (non-hydrogen) atoms. The number of fused-ring (bicyclic) bond motifs is 1. The van der Waals surface area contributed by atoms with E-state index >= 15 is 0 Å². The third-order valence-corrected chi connectivity index (χ3v) is 4.86. The van der Waals surface area contributed by atoms with Gasteiger partial charge in [-0.1, -0.05) is 29.8 Å². The highest BCUT2D eigenvalue weighted by molar-refractivity contribution is 5.92. The van der Waals surface area contributed by atoms with Gasteiger partial charge in [0, 0.05) is 25.7 Å². The van der Waals surface area contributed by atoms with Crippen LogP contribution in [0.4, 0.5) is 0 Å². The second-order valence-electron chi connectivity index (χ2n) is 6.32. The number of nitrogens with zero attached hydrogens (tertiary/aromatic N) is 5. The van der Waals surface area contributed by atoms with Crippen molar-refractivity contribution in [3.05, 3.63) is 42.2 Å². The Morgan fingerprint density at radius 2 is 1.96 bits per heavy atom. The summed E-state index contributed by atoms with van der Waals surface area (Å²) >= 11 is 0. The summed E-state index contributed by atoms with van der Waals surface area (Å²) in [5.41, 5.74) is 1.34. The van der Waals surface area contributed by atoms with Crippen LogP contribution in [0.5, 0.6) is 0 Å². The average molecular weight is 311 g/mol. The Morgan fingerprint density at radius 3 is 2.83 bits per heavy atom. The summed E-state index contributed by atoms with van der Waals surface area (Å²) < 4.78 is 1.66. The molecule has 1 amide bonds. The third-order valence-electron chi connectivity index (χ3n) is 4.86. The van der Waals surface area contributed by atoms with Gasteiger partial charge in [0.25, 0.3) is 5.91 Å². The molecule has 0 bridgehead atoms. The van der Waals surface area contributed by atoms with Gasteiger partial charge in [0.05, 0.1) is 11.9 Å². The highest BCUT2D eigenvalue weighted by atomic mass is 16.2. The normalized spacial score (nSPS) is 21.9. The number of aromatic nitrogens is 3. The van der Waals surface area contributed by atoms with Crippen LogP contribution in [-0.4, -0.2) is 62.9 Å². The largest absolute Gasteiger partial charge is 0.334 e. The van der Waals surface area contributed by atoms with E-state index < -0.39 is 0 Å². The molecule has 1 atom stereocenters. The number of carbonyl (C=O) groups is 1. The minimum absolute atomic E-state index is 0.00240. The zero-order valence-corrected chi connectivity index (χ0v) is 13.1. The van der Waals surface area contributed by atoms with E-state index in [4.69, 9.17) is 0 Å². The third kappa shape index (κ3) is 2.86. The summed E-state index contributed by atoms with van der Waals surface area (Å²) in [4.78, 5) is 17.2. The van der Waals surface area contributed by atoms with Gasteiger partial charge in [-0.05, 0) is 31.5 Å². The monoisotopic (exact) mass is 311 g/mol. The summed E-state index contributed by atoms with van der Waals surface area (Å²) in [6.45, 7) is 3.75. The quantitative estimate of drug-likeness (QED) is 0.845. The lowest BCUT2D eigenvalue weighted by Gasteiger charge is -2.43. The van der Waals surface area contributed by atoms with Crippen LogP contribution in [0, 0.1) is 0 Å². The SMILES string of the molecule is O=C(c1cn(-c2ccccc2)nn1)N1CCN2CCCCC2C1. The van der Waals surface area contributed by atoms with E-state index in [9.17, 15) is 4.79 Å². The van der Waals surface area contributed by atoms with E-state index in [-0.39, 0.29) is 5.91 Å². The number of piperazine rings is 1. The molecule has 2 aromatic rings. The molecule has 6 heteroatoms. The van der Waals surface area contributed by atoms with Gasteiger partial charge in [0.15, 0.2) is 5.69 Å².